The van der Waals surface area contributed by atoms with E-state index >= 15 is 0 Å². The Labute approximate surface area is 163 Å². The molecule has 2 aromatic rings. The summed E-state index contributed by atoms with van der Waals surface area (Å²) in [7, 11) is -3.56. The van der Waals surface area contributed by atoms with Crippen molar-refractivity contribution in [1.29, 1.82) is 0 Å². The molecule has 0 aliphatic carbocycles. The number of rotatable bonds is 4. The minimum Gasteiger partial charge on any atom is -0.368 e. The summed E-state index contributed by atoms with van der Waals surface area (Å²) >= 11 is 6.19. The smallest absolute Gasteiger partial charge is 0.271 e. The van der Waals surface area contributed by atoms with Crippen LogP contribution in [0, 0.1) is 24.0 Å². The van der Waals surface area contributed by atoms with Crippen molar-refractivity contribution in [3.05, 3.63) is 62.7 Å². The molecule has 1 aliphatic rings. The Morgan fingerprint density at radius 2 is 1.70 bits per heavy atom. The number of sulfonamides is 1. The molecule has 7 nitrogen and oxygen atoms in total. The number of piperazine rings is 1. The van der Waals surface area contributed by atoms with Crippen LogP contribution >= 0.6 is 11.6 Å². The molecule has 9 heteroatoms. The van der Waals surface area contributed by atoms with Gasteiger partial charge in [-0.15, -0.1) is 0 Å². The van der Waals surface area contributed by atoms with Crippen LogP contribution in [0.3, 0.4) is 0 Å². The van der Waals surface area contributed by atoms with Gasteiger partial charge in [-0.25, -0.2) is 8.42 Å². The van der Waals surface area contributed by atoms with Gasteiger partial charge < -0.3 is 4.90 Å². The van der Waals surface area contributed by atoms with Gasteiger partial charge in [-0.1, -0.05) is 23.7 Å². The monoisotopic (exact) mass is 409 g/mol. The highest BCUT2D eigenvalue weighted by Gasteiger charge is 2.30. The first kappa shape index (κ1) is 19.6. The maximum absolute atomic E-state index is 13.0. The number of anilines is 1. The Morgan fingerprint density at radius 1 is 1.04 bits per heavy atom. The van der Waals surface area contributed by atoms with Crippen LogP contribution in [-0.4, -0.2) is 43.8 Å². The van der Waals surface area contributed by atoms with Gasteiger partial charge in [-0.3, -0.25) is 10.1 Å². The van der Waals surface area contributed by atoms with Gasteiger partial charge in [0.05, 0.1) is 20.5 Å². The normalized spacial score (nSPS) is 15.7. The van der Waals surface area contributed by atoms with E-state index < -0.39 is 14.9 Å². The van der Waals surface area contributed by atoms with Crippen molar-refractivity contribution < 1.29 is 13.3 Å². The van der Waals surface area contributed by atoms with E-state index in [0.717, 1.165) is 11.1 Å². The first-order chi connectivity index (χ1) is 12.7. The molecule has 144 valence electrons. The summed E-state index contributed by atoms with van der Waals surface area (Å²) in [6.07, 6.45) is 0. The van der Waals surface area contributed by atoms with Crippen molar-refractivity contribution in [1.82, 2.24) is 4.31 Å². The van der Waals surface area contributed by atoms with Crippen LogP contribution in [0.5, 0.6) is 0 Å². The van der Waals surface area contributed by atoms with Crippen molar-refractivity contribution in [2.24, 2.45) is 0 Å². The summed E-state index contributed by atoms with van der Waals surface area (Å²) in [4.78, 5) is 12.6. The number of benzene rings is 2. The lowest BCUT2D eigenvalue weighted by Gasteiger charge is -2.36. The topological polar surface area (TPSA) is 83.8 Å². The average Bonchev–Trinajstić information content (AvgIpc) is 2.63. The van der Waals surface area contributed by atoms with Crippen LogP contribution < -0.4 is 4.90 Å². The molecule has 0 amide bonds. The maximum Gasteiger partial charge on any atom is 0.271 e. The fourth-order valence-corrected chi connectivity index (χ4v) is 5.19. The van der Waals surface area contributed by atoms with Crippen molar-refractivity contribution in [3.8, 4) is 0 Å². The Morgan fingerprint density at radius 3 is 2.30 bits per heavy atom. The summed E-state index contributed by atoms with van der Waals surface area (Å²) < 4.78 is 27.5. The lowest BCUT2D eigenvalue weighted by atomic mass is 10.2. The number of nitro benzene ring substituents is 1. The van der Waals surface area contributed by atoms with Crippen molar-refractivity contribution in [2.75, 3.05) is 31.1 Å². The molecule has 0 bridgehead atoms. The van der Waals surface area contributed by atoms with E-state index in [1.165, 1.54) is 16.4 Å². The minimum absolute atomic E-state index is 0.0695. The zero-order valence-electron chi connectivity index (χ0n) is 15.1. The second kappa shape index (κ2) is 7.46. The fraction of sp³-hybridized carbons (Fsp3) is 0.333. The van der Waals surface area contributed by atoms with Crippen molar-refractivity contribution in [3.63, 3.8) is 0 Å². The number of nitrogens with zero attached hydrogens (tertiary/aromatic N) is 3. The number of hydrogen-bond donors (Lipinski definition) is 0. The molecule has 0 unspecified atom stereocenters. The highest BCUT2D eigenvalue weighted by molar-refractivity contribution is 7.89. The first-order valence-electron chi connectivity index (χ1n) is 8.46. The molecule has 1 fully saturated rings. The Bertz CT molecular complexity index is 986. The van der Waals surface area contributed by atoms with Crippen LogP contribution in [0.4, 0.5) is 11.4 Å². The van der Waals surface area contributed by atoms with Gasteiger partial charge in [0.15, 0.2) is 0 Å². The largest absolute Gasteiger partial charge is 0.368 e. The molecule has 0 radical (unpaired) electrons. The van der Waals surface area contributed by atoms with Crippen molar-refractivity contribution in [2.45, 2.75) is 18.7 Å². The fourth-order valence-electron chi connectivity index (χ4n) is 3.16. The average molecular weight is 410 g/mol. The summed E-state index contributed by atoms with van der Waals surface area (Å²) in [5.74, 6) is 0. The van der Waals surface area contributed by atoms with Crippen LogP contribution in [0.25, 0.3) is 0 Å². The van der Waals surface area contributed by atoms with Crippen LogP contribution in [0.15, 0.2) is 41.3 Å². The molecule has 1 heterocycles. The third-order valence-electron chi connectivity index (χ3n) is 4.68. The molecule has 3 rings (SSSR count). The third-order valence-corrected chi connectivity index (χ3v) is 7.03. The number of aryl methyl sites for hydroxylation is 2. The zero-order chi connectivity index (χ0) is 19.8. The Hall–Kier alpha value is -2.16. The van der Waals surface area contributed by atoms with Gasteiger partial charge in [-0.05, 0) is 37.1 Å². The molecule has 27 heavy (non-hydrogen) atoms. The predicted molar refractivity (Wildman–Crippen MR) is 105 cm³/mol. The second-order valence-electron chi connectivity index (χ2n) is 6.55. The van der Waals surface area contributed by atoms with Crippen molar-refractivity contribution >= 4 is 33.0 Å². The van der Waals surface area contributed by atoms with E-state index in [4.69, 9.17) is 11.6 Å². The third kappa shape index (κ3) is 3.92. The van der Waals surface area contributed by atoms with Gasteiger partial charge in [0.2, 0.25) is 10.0 Å². The van der Waals surface area contributed by atoms with Gasteiger partial charge in [0, 0.05) is 38.3 Å². The standard InChI is InChI=1S/C18H20ClN3O4S/c1-13-3-4-14(2)18(11-13)27(25,26)21-9-7-20(8-10-21)17-6-5-15(22(23)24)12-16(17)19/h3-6,11-12H,7-10H2,1-2H3. The predicted octanol–water partition coefficient (Wildman–Crippen LogP) is 3.38. The lowest BCUT2D eigenvalue weighted by Crippen LogP contribution is -2.48. The van der Waals surface area contributed by atoms with Gasteiger partial charge >= 0.3 is 0 Å². The Balaban J connectivity index is 1.77. The van der Waals surface area contributed by atoms with E-state index in [1.807, 2.05) is 24.0 Å². The zero-order valence-corrected chi connectivity index (χ0v) is 16.6. The minimum atomic E-state index is -3.56. The van der Waals surface area contributed by atoms with E-state index in [2.05, 4.69) is 0 Å². The van der Waals surface area contributed by atoms with E-state index in [0.29, 0.717) is 36.8 Å². The number of hydrogen-bond acceptors (Lipinski definition) is 5. The van der Waals surface area contributed by atoms with E-state index in [9.17, 15) is 18.5 Å². The van der Waals surface area contributed by atoms with Gasteiger partial charge in [-0.2, -0.15) is 4.31 Å². The van der Waals surface area contributed by atoms with E-state index in [1.54, 1.807) is 19.1 Å². The summed E-state index contributed by atoms with van der Waals surface area (Å²) in [5, 5.41) is 11.1. The lowest BCUT2D eigenvalue weighted by molar-refractivity contribution is -0.384. The highest BCUT2D eigenvalue weighted by atomic mass is 35.5. The Kier molecular flexibility index (Phi) is 5.41. The summed E-state index contributed by atoms with van der Waals surface area (Å²) in [6.45, 7) is 5.22. The second-order valence-corrected chi connectivity index (χ2v) is 8.87. The number of nitro groups is 1. The van der Waals surface area contributed by atoms with Crippen LogP contribution in [-0.2, 0) is 10.0 Å². The molecule has 0 aromatic heterocycles. The molecule has 0 atom stereocenters. The molecule has 1 saturated heterocycles. The summed E-state index contributed by atoms with van der Waals surface area (Å²) in [6, 6.07) is 9.73. The number of halogens is 1. The molecule has 0 N–H and O–H groups in total. The molecule has 2 aromatic carbocycles. The molecule has 0 saturated carbocycles. The van der Waals surface area contributed by atoms with Crippen LogP contribution in [0.2, 0.25) is 5.02 Å². The maximum atomic E-state index is 13.0. The molecule has 0 spiro atoms. The van der Waals surface area contributed by atoms with E-state index in [-0.39, 0.29) is 10.7 Å². The first-order valence-corrected chi connectivity index (χ1v) is 10.3. The molecular weight excluding hydrogens is 390 g/mol. The molecule has 1 aliphatic heterocycles. The number of non-ortho nitro benzene ring substituents is 1. The van der Waals surface area contributed by atoms with Gasteiger partial charge in [0.25, 0.3) is 5.69 Å². The highest BCUT2D eigenvalue weighted by Crippen LogP contribution is 2.31. The summed E-state index contributed by atoms with van der Waals surface area (Å²) in [5.41, 5.74) is 2.22. The van der Waals surface area contributed by atoms with Gasteiger partial charge in [0.1, 0.15) is 0 Å². The molecular formula is C18H20ClN3O4S. The SMILES string of the molecule is Cc1ccc(C)c(S(=O)(=O)N2CCN(c3ccc([N+](=O)[O-])cc3Cl)CC2)c1. The van der Waals surface area contributed by atoms with Crippen LogP contribution in [0.1, 0.15) is 11.1 Å². The quantitative estimate of drug-likeness (QED) is 0.571.